The van der Waals surface area contributed by atoms with E-state index in [1.54, 1.807) is 37.1 Å². The lowest BCUT2D eigenvalue weighted by molar-refractivity contribution is -0.115. The van der Waals surface area contributed by atoms with Crippen molar-refractivity contribution in [1.29, 1.82) is 0 Å². The van der Waals surface area contributed by atoms with Gasteiger partial charge < -0.3 is 24.2 Å². The molecule has 0 radical (unpaired) electrons. The van der Waals surface area contributed by atoms with Crippen LogP contribution in [0, 0.1) is 0 Å². The van der Waals surface area contributed by atoms with E-state index in [0.29, 0.717) is 54.0 Å². The molecule has 0 aliphatic carbocycles. The Bertz CT molecular complexity index is 1180. The van der Waals surface area contributed by atoms with Crippen molar-refractivity contribution >= 4 is 17.5 Å². The molecule has 9 heteroatoms. The van der Waals surface area contributed by atoms with Crippen molar-refractivity contribution in [1.82, 2.24) is 15.0 Å². The number of aromatic nitrogens is 2. The highest BCUT2D eigenvalue weighted by molar-refractivity contribution is 5.97. The molecule has 0 bridgehead atoms. The number of rotatable bonds is 7. The fourth-order valence-corrected chi connectivity index (χ4v) is 4.01. The first-order valence-corrected chi connectivity index (χ1v) is 11.3. The zero-order chi connectivity index (χ0) is 24.1. The first-order valence-electron chi connectivity index (χ1n) is 11.3. The molecule has 3 aromatic rings. The number of methoxy groups -OCH3 is 2. The van der Waals surface area contributed by atoms with Gasteiger partial charge in [0, 0.05) is 36.8 Å². The lowest BCUT2D eigenvalue weighted by Crippen LogP contribution is -2.39. The molecule has 1 aromatic heterocycles. The highest BCUT2D eigenvalue weighted by Gasteiger charge is 2.30. The number of likely N-dealkylation sites (tertiary alicyclic amines) is 1. The van der Waals surface area contributed by atoms with Gasteiger partial charge in [-0.3, -0.25) is 9.59 Å². The second kappa shape index (κ2) is 10.4. The topological polar surface area (TPSA) is 107 Å². The van der Waals surface area contributed by atoms with Crippen LogP contribution in [0.2, 0.25) is 0 Å². The summed E-state index contributed by atoms with van der Waals surface area (Å²) in [4.78, 5) is 31.3. The Labute approximate surface area is 198 Å². The lowest BCUT2D eigenvalue weighted by atomic mass is 9.97. The molecule has 34 heavy (non-hydrogen) atoms. The fraction of sp³-hybridized carbons (Fsp3) is 0.360. The van der Waals surface area contributed by atoms with Crippen LogP contribution in [0.5, 0.6) is 11.5 Å². The van der Waals surface area contributed by atoms with E-state index in [-0.39, 0.29) is 17.7 Å². The van der Waals surface area contributed by atoms with Gasteiger partial charge in [0.05, 0.1) is 25.7 Å². The molecule has 9 nitrogen and oxygen atoms in total. The van der Waals surface area contributed by atoms with Crippen molar-refractivity contribution in [3.8, 4) is 22.9 Å². The highest BCUT2D eigenvalue weighted by Crippen LogP contribution is 2.31. The van der Waals surface area contributed by atoms with Crippen LogP contribution in [0.15, 0.2) is 47.0 Å². The number of piperidine rings is 1. The van der Waals surface area contributed by atoms with E-state index in [1.165, 1.54) is 7.11 Å². The smallest absolute Gasteiger partial charge is 0.257 e. The maximum absolute atomic E-state index is 13.2. The molecule has 2 heterocycles. The minimum atomic E-state index is -0.108. The Hall–Kier alpha value is -3.88. The predicted molar refractivity (Wildman–Crippen MR) is 126 cm³/mol. The number of anilines is 1. The van der Waals surface area contributed by atoms with Gasteiger partial charge in [-0.1, -0.05) is 24.2 Å². The Balaban J connectivity index is 1.49. The van der Waals surface area contributed by atoms with Gasteiger partial charge in [0.15, 0.2) is 0 Å². The third-order valence-corrected chi connectivity index (χ3v) is 5.86. The number of ether oxygens (including phenoxy) is 2. The second-order valence-corrected chi connectivity index (χ2v) is 8.10. The molecule has 2 amide bonds. The SMILES string of the molecule is CCC(=O)Nc1cccc(-c2noc(C3CCCN(C(=O)c4ccc(OC)cc4OC)C3)n2)c1. The summed E-state index contributed by atoms with van der Waals surface area (Å²) < 4.78 is 16.2. The van der Waals surface area contributed by atoms with Gasteiger partial charge in [-0.05, 0) is 37.1 Å². The zero-order valence-electron chi connectivity index (χ0n) is 19.5. The van der Waals surface area contributed by atoms with E-state index in [1.807, 2.05) is 24.3 Å². The van der Waals surface area contributed by atoms with Crippen LogP contribution in [-0.2, 0) is 4.79 Å². The number of hydrogen-bond donors (Lipinski definition) is 1. The molecule has 1 aliphatic heterocycles. The highest BCUT2D eigenvalue weighted by atomic mass is 16.5. The minimum Gasteiger partial charge on any atom is -0.497 e. The van der Waals surface area contributed by atoms with Gasteiger partial charge >= 0.3 is 0 Å². The Morgan fingerprint density at radius 1 is 1.18 bits per heavy atom. The van der Waals surface area contributed by atoms with Crippen molar-refractivity contribution in [3.63, 3.8) is 0 Å². The summed E-state index contributed by atoms with van der Waals surface area (Å²) in [7, 11) is 3.11. The van der Waals surface area contributed by atoms with Crippen LogP contribution in [0.25, 0.3) is 11.4 Å². The maximum atomic E-state index is 13.2. The number of carbonyl (C=O) groups is 2. The largest absolute Gasteiger partial charge is 0.497 e. The van der Waals surface area contributed by atoms with Crippen LogP contribution < -0.4 is 14.8 Å². The van der Waals surface area contributed by atoms with Gasteiger partial charge in [0.25, 0.3) is 5.91 Å². The predicted octanol–water partition coefficient (Wildman–Crippen LogP) is 4.12. The van der Waals surface area contributed by atoms with Gasteiger partial charge in [0.2, 0.25) is 17.6 Å². The van der Waals surface area contributed by atoms with Crippen molar-refractivity contribution < 1.29 is 23.6 Å². The summed E-state index contributed by atoms with van der Waals surface area (Å²) in [5.74, 6) is 1.81. The minimum absolute atomic E-state index is 0.0635. The molecular formula is C25H28N4O5. The van der Waals surface area contributed by atoms with Crippen LogP contribution in [0.4, 0.5) is 5.69 Å². The molecule has 1 atom stereocenters. The number of benzene rings is 2. The number of carbonyl (C=O) groups excluding carboxylic acids is 2. The molecule has 178 valence electrons. The summed E-state index contributed by atoms with van der Waals surface area (Å²) in [6.45, 7) is 2.92. The molecule has 4 rings (SSSR count). The summed E-state index contributed by atoms with van der Waals surface area (Å²) >= 11 is 0. The number of amides is 2. The summed E-state index contributed by atoms with van der Waals surface area (Å²) in [5.41, 5.74) is 1.91. The first kappa shape index (κ1) is 23.3. The Morgan fingerprint density at radius 3 is 2.79 bits per heavy atom. The van der Waals surface area contributed by atoms with Crippen molar-refractivity contribution in [2.24, 2.45) is 0 Å². The lowest BCUT2D eigenvalue weighted by Gasteiger charge is -2.31. The van der Waals surface area contributed by atoms with E-state index < -0.39 is 0 Å². The van der Waals surface area contributed by atoms with Gasteiger partial charge in [-0.2, -0.15) is 4.98 Å². The Kier molecular flexibility index (Phi) is 7.10. The molecule has 2 aromatic carbocycles. The summed E-state index contributed by atoms with van der Waals surface area (Å²) in [6.07, 6.45) is 2.07. The third kappa shape index (κ3) is 5.03. The Morgan fingerprint density at radius 2 is 2.03 bits per heavy atom. The normalized spacial score (nSPS) is 15.6. The molecule has 1 aliphatic rings. The molecule has 0 spiro atoms. The molecule has 1 saturated heterocycles. The van der Waals surface area contributed by atoms with E-state index in [9.17, 15) is 9.59 Å². The molecule has 1 unspecified atom stereocenters. The van der Waals surface area contributed by atoms with Crippen molar-refractivity contribution in [2.45, 2.75) is 32.1 Å². The summed E-state index contributed by atoms with van der Waals surface area (Å²) in [5, 5.41) is 6.98. The van der Waals surface area contributed by atoms with Crippen LogP contribution in [-0.4, -0.2) is 54.2 Å². The van der Waals surface area contributed by atoms with E-state index in [2.05, 4.69) is 15.5 Å². The maximum Gasteiger partial charge on any atom is 0.257 e. The second-order valence-electron chi connectivity index (χ2n) is 8.10. The van der Waals surface area contributed by atoms with Gasteiger partial charge in [0.1, 0.15) is 11.5 Å². The monoisotopic (exact) mass is 464 g/mol. The van der Waals surface area contributed by atoms with Crippen LogP contribution in [0.1, 0.15) is 48.4 Å². The fourth-order valence-electron chi connectivity index (χ4n) is 4.01. The first-order chi connectivity index (χ1) is 16.5. The van der Waals surface area contributed by atoms with Gasteiger partial charge in [-0.15, -0.1) is 0 Å². The van der Waals surface area contributed by atoms with E-state index in [0.717, 1.165) is 18.4 Å². The average Bonchev–Trinajstić information content (AvgIpc) is 3.38. The third-order valence-electron chi connectivity index (χ3n) is 5.86. The summed E-state index contributed by atoms with van der Waals surface area (Å²) in [6, 6.07) is 12.5. The zero-order valence-corrected chi connectivity index (χ0v) is 19.5. The van der Waals surface area contributed by atoms with Crippen molar-refractivity contribution in [3.05, 3.63) is 53.9 Å². The number of nitrogens with one attached hydrogen (secondary N) is 1. The molecule has 0 saturated carbocycles. The molecular weight excluding hydrogens is 436 g/mol. The van der Waals surface area contributed by atoms with Crippen molar-refractivity contribution in [2.75, 3.05) is 32.6 Å². The van der Waals surface area contributed by atoms with E-state index >= 15 is 0 Å². The van der Waals surface area contributed by atoms with Crippen LogP contribution >= 0.6 is 0 Å². The average molecular weight is 465 g/mol. The standard InChI is InChI=1S/C25H28N4O5/c1-4-22(30)26-18-9-5-7-16(13-18)23-27-24(34-28-23)17-8-6-12-29(15-17)25(31)20-11-10-19(32-2)14-21(20)33-3/h5,7,9-11,13-14,17H,4,6,8,12,15H2,1-3H3,(H,26,30). The van der Waals surface area contributed by atoms with Gasteiger partial charge in [-0.25, -0.2) is 0 Å². The molecule has 1 N–H and O–H groups in total. The quantitative estimate of drug-likeness (QED) is 0.560. The van der Waals surface area contributed by atoms with Crippen LogP contribution in [0.3, 0.4) is 0 Å². The van der Waals surface area contributed by atoms with E-state index in [4.69, 9.17) is 14.0 Å². The number of hydrogen-bond acceptors (Lipinski definition) is 7. The number of nitrogens with zero attached hydrogens (tertiary/aromatic N) is 3. The molecule has 1 fully saturated rings.